The zero-order chi connectivity index (χ0) is 18.9. The Morgan fingerprint density at radius 2 is 1.77 bits per heavy atom. The predicted octanol–water partition coefficient (Wildman–Crippen LogP) is 1.27. The Hall–Kier alpha value is -2.45. The highest BCUT2D eigenvalue weighted by molar-refractivity contribution is 7.90. The van der Waals surface area contributed by atoms with Crippen LogP contribution in [0.15, 0.2) is 62.7 Å². The summed E-state index contributed by atoms with van der Waals surface area (Å²) in [4.78, 5) is 0.125. The molecular weight excluding hydrogens is 394 g/mol. The van der Waals surface area contributed by atoms with Crippen LogP contribution < -0.4 is 9.94 Å². The van der Waals surface area contributed by atoms with Crippen molar-refractivity contribution in [2.75, 3.05) is 0 Å². The predicted molar refractivity (Wildman–Crippen MR) is 99.2 cm³/mol. The van der Waals surface area contributed by atoms with Crippen molar-refractivity contribution in [3.63, 3.8) is 0 Å². The summed E-state index contributed by atoms with van der Waals surface area (Å²) in [5.41, 5.74) is 0.572. The Bertz CT molecular complexity index is 1300. The lowest BCUT2D eigenvalue weighted by Crippen LogP contribution is -2.16. The van der Waals surface area contributed by atoms with Crippen molar-refractivity contribution >= 4 is 41.6 Å². The van der Waals surface area contributed by atoms with E-state index in [4.69, 9.17) is 11.6 Å². The van der Waals surface area contributed by atoms with E-state index in [1.165, 1.54) is 34.9 Å². The van der Waals surface area contributed by atoms with Gasteiger partial charge in [0.2, 0.25) is 14.8 Å². The van der Waals surface area contributed by atoms with Crippen molar-refractivity contribution < 1.29 is 16.8 Å². The summed E-state index contributed by atoms with van der Waals surface area (Å²) in [6.45, 7) is 0.0812. The minimum atomic E-state index is -3.94. The fourth-order valence-corrected chi connectivity index (χ4v) is 5.20. The van der Waals surface area contributed by atoms with Crippen LogP contribution in [-0.2, 0) is 26.6 Å². The molecule has 2 aromatic carbocycles. The van der Waals surface area contributed by atoms with E-state index in [1.54, 1.807) is 18.2 Å². The third-order valence-corrected chi connectivity index (χ3v) is 6.82. The van der Waals surface area contributed by atoms with Gasteiger partial charge in [-0.15, -0.1) is 10.8 Å². The Balaban J connectivity index is 2.29. The Labute approximate surface area is 154 Å². The third kappa shape index (κ3) is 3.56. The fraction of sp³-hybridized carbons (Fsp3) is 0.0625. The molecule has 1 heterocycles. The molecule has 0 bridgehead atoms. The molecule has 0 aliphatic heterocycles. The van der Waals surface area contributed by atoms with E-state index >= 15 is 0 Å². The smallest absolute Gasteiger partial charge is 0.285 e. The van der Waals surface area contributed by atoms with Crippen LogP contribution in [0.1, 0.15) is 0 Å². The molecule has 0 saturated heterocycles. The second-order valence-corrected chi connectivity index (χ2v) is 9.40. The molecule has 7 nitrogen and oxygen atoms in total. The van der Waals surface area contributed by atoms with E-state index in [9.17, 15) is 16.8 Å². The van der Waals surface area contributed by atoms with Crippen molar-refractivity contribution in [1.29, 1.82) is 0 Å². The average molecular weight is 407 g/mol. The zero-order valence-corrected chi connectivity index (χ0v) is 15.7. The highest BCUT2D eigenvalue weighted by Crippen LogP contribution is 2.22. The number of nitrogens with two attached hydrogens (primary N) is 1. The lowest BCUT2D eigenvalue weighted by atomic mass is 10.3. The van der Waals surface area contributed by atoms with E-state index in [2.05, 4.69) is 10.3 Å². The first kappa shape index (κ1) is 18.3. The molecule has 2 N–H and O–H groups in total. The minimum Gasteiger partial charge on any atom is -0.304 e. The highest BCUT2D eigenvalue weighted by Gasteiger charge is 2.16. The lowest BCUT2D eigenvalue weighted by molar-refractivity contribution is 0.595. The van der Waals surface area contributed by atoms with Crippen molar-refractivity contribution in [2.24, 2.45) is 9.54 Å². The highest BCUT2D eigenvalue weighted by atomic mass is 32.2. The van der Waals surface area contributed by atoms with Gasteiger partial charge in [0, 0.05) is 0 Å². The molecule has 0 fully saturated rings. The van der Waals surface area contributed by atoms with Crippen molar-refractivity contribution in [3.05, 3.63) is 53.3 Å². The molecule has 0 saturated carbocycles. The number of primary sulfonamides is 1. The van der Waals surface area contributed by atoms with E-state index in [0.29, 0.717) is 10.2 Å². The molecule has 0 unspecified atom stereocenters. The number of thiazole rings is 1. The van der Waals surface area contributed by atoms with Gasteiger partial charge in [0.1, 0.15) is 0 Å². The number of nitrogens with zero attached hydrogens (tertiary/aromatic N) is 2. The van der Waals surface area contributed by atoms with Crippen LogP contribution in [-0.4, -0.2) is 21.4 Å². The number of sulfonamides is 2. The number of hydrogen-bond donors (Lipinski definition) is 1. The SMILES string of the molecule is C#CCn1/c(=N/S(=O)(=O)c2ccccc2)sc2cc(S(N)(=O)=O)ccc21. The number of fused-ring (bicyclic) bond motifs is 1. The molecule has 0 radical (unpaired) electrons. The van der Waals surface area contributed by atoms with Crippen LogP contribution in [0, 0.1) is 12.3 Å². The fourth-order valence-electron chi connectivity index (χ4n) is 2.29. The van der Waals surface area contributed by atoms with Crippen molar-refractivity contribution in [3.8, 4) is 12.3 Å². The topological polar surface area (TPSA) is 112 Å². The molecule has 26 heavy (non-hydrogen) atoms. The summed E-state index contributed by atoms with van der Waals surface area (Å²) < 4.78 is 54.0. The quantitative estimate of drug-likeness (QED) is 0.657. The second-order valence-electron chi connectivity index (χ2n) is 5.23. The van der Waals surface area contributed by atoms with Crippen molar-refractivity contribution in [1.82, 2.24) is 4.57 Å². The van der Waals surface area contributed by atoms with Crippen LogP contribution in [0.3, 0.4) is 0 Å². The van der Waals surface area contributed by atoms with Crippen molar-refractivity contribution in [2.45, 2.75) is 16.3 Å². The van der Waals surface area contributed by atoms with Gasteiger partial charge in [-0.2, -0.15) is 8.42 Å². The summed E-state index contributed by atoms with van der Waals surface area (Å²) in [6, 6.07) is 12.0. The number of hydrogen-bond acceptors (Lipinski definition) is 5. The van der Waals surface area contributed by atoms with E-state index in [-0.39, 0.29) is 21.1 Å². The van der Waals surface area contributed by atoms with Gasteiger partial charge in [-0.3, -0.25) is 0 Å². The summed E-state index contributed by atoms with van der Waals surface area (Å²) in [5, 5.41) is 5.15. The maximum Gasteiger partial charge on any atom is 0.285 e. The summed E-state index contributed by atoms with van der Waals surface area (Å²) in [5.74, 6) is 2.44. The van der Waals surface area contributed by atoms with Gasteiger partial charge in [-0.1, -0.05) is 35.5 Å². The van der Waals surface area contributed by atoms with E-state index in [0.717, 1.165) is 11.3 Å². The van der Waals surface area contributed by atoms with Gasteiger partial charge < -0.3 is 4.57 Å². The van der Waals surface area contributed by atoms with Crippen LogP contribution in [0.5, 0.6) is 0 Å². The second kappa shape index (κ2) is 6.69. The molecule has 134 valence electrons. The lowest BCUT2D eigenvalue weighted by Gasteiger charge is -2.02. The van der Waals surface area contributed by atoms with E-state index < -0.39 is 20.0 Å². The van der Waals surface area contributed by atoms with Crippen LogP contribution in [0.25, 0.3) is 10.2 Å². The largest absolute Gasteiger partial charge is 0.304 e. The average Bonchev–Trinajstić information content (AvgIpc) is 2.91. The van der Waals surface area contributed by atoms with Crippen LogP contribution in [0.4, 0.5) is 0 Å². The maximum atomic E-state index is 12.5. The van der Waals surface area contributed by atoms with Gasteiger partial charge in [0.15, 0.2) is 0 Å². The molecule has 0 spiro atoms. The van der Waals surface area contributed by atoms with Gasteiger partial charge in [0.05, 0.1) is 26.6 Å². The molecular formula is C16H13N3O4S3. The first-order valence-corrected chi connectivity index (χ1v) is 11.0. The number of aromatic nitrogens is 1. The minimum absolute atomic E-state index is 0.0509. The number of rotatable bonds is 4. The van der Waals surface area contributed by atoms with Gasteiger partial charge in [-0.05, 0) is 30.3 Å². The number of benzene rings is 2. The third-order valence-electron chi connectivity index (χ3n) is 3.47. The molecule has 3 aromatic rings. The molecule has 1 aromatic heterocycles. The van der Waals surface area contributed by atoms with E-state index in [1.807, 2.05) is 0 Å². The zero-order valence-electron chi connectivity index (χ0n) is 13.2. The first-order chi connectivity index (χ1) is 12.2. The molecule has 0 amide bonds. The standard InChI is InChI=1S/C16H13N3O4S3/c1-2-10-19-14-9-8-13(25(17,20)21)11-15(14)24-16(19)18-26(22,23)12-6-4-3-5-7-12/h1,3-9,11H,10H2,(H2,17,20,21)/b18-16-. The monoisotopic (exact) mass is 407 g/mol. The molecule has 0 aliphatic carbocycles. The Kier molecular flexibility index (Phi) is 4.72. The van der Waals surface area contributed by atoms with Gasteiger partial charge >= 0.3 is 0 Å². The molecule has 3 rings (SSSR count). The Morgan fingerprint density at radius 3 is 2.38 bits per heavy atom. The van der Waals surface area contributed by atoms with Gasteiger partial charge in [-0.25, -0.2) is 13.6 Å². The summed E-state index contributed by atoms with van der Waals surface area (Å²) in [7, 11) is -7.82. The van der Waals surface area contributed by atoms with Crippen LogP contribution in [0.2, 0.25) is 0 Å². The summed E-state index contributed by atoms with van der Waals surface area (Å²) in [6.07, 6.45) is 5.38. The molecule has 0 atom stereocenters. The maximum absolute atomic E-state index is 12.5. The summed E-state index contributed by atoms with van der Waals surface area (Å²) >= 11 is 1.02. The number of terminal acetylenes is 1. The normalized spacial score (nSPS) is 13.0. The van der Waals surface area contributed by atoms with Crippen LogP contribution >= 0.6 is 11.3 Å². The Morgan fingerprint density at radius 1 is 1.08 bits per heavy atom. The first-order valence-electron chi connectivity index (χ1n) is 7.18. The van der Waals surface area contributed by atoms with Gasteiger partial charge in [0.25, 0.3) is 10.0 Å². The molecule has 0 aliphatic rings. The molecule has 10 heteroatoms.